The summed E-state index contributed by atoms with van der Waals surface area (Å²) in [5.41, 5.74) is 0.529. The molecule has 0 heterocycles. The van der Waals surface area contributed by atoms with Crippen LogP contribution in [0.5, 0.6) is 0 Å². The van der Waals surface area contributed by atoms with Crippen LogP contribution in [0.3, 0.4) is 0 Å². The predicted octanol–water partition coefficient (Wildman–Crippen LogP) is 4.03. The molecule has 5 nitrogen and oxygen atoms in total. The zero-order chi connectivity index (χ0) is 20.9. The molecule has 0 fully saturated rings. The highest BCUT2D eigenvalue weighted by molar-refractivity contribution is 7.80. The smallest absolute Gasteiger partial charge is 0.315 e. The Kier molecular flexibility index (Phi) is 6.30. The van der Waals surface area contributed by atoms with Crippen molar-refractivity contribution in [1.82, 2.24) is 0 Å². The molecule has 2 N–H and O–H groups in total. The van der Waals surface area contributed by atoms with E-state index >= 15 is 0 Å². The van der Waals surface area contributed by atoms with Crippen LogP contribution in [0.2, 0.25) is 0 Å². The third-order valence-electron chi connectivity index (χ3n) is 4.90. The lowest BCUT2D eigenvalue weighted by Gasteiger charge is -2.26. The van der Waals surface area contributed by atoms with Crippen molar-refractivity contribution in [2.24, 2.45) is 5.16 Å². The van der Waals surface area contributed by atoms with Crippen LogP contribution >= 0.6 is 7.14 Å². The minimum absolute atomic E-state index is 0.171. The van der Waals surface area contributed by atoms with Gasteiger partial charge in [-0.25, -0.2) is 0 Å². The summed E-state index contributed by atoms with van der Waals surface area (Å²) >= 11 is 0. The molecule has 0 bridgehead atoms. The molecule has 0 aliphatic heterocycles. The van der Waals surface area contributed by atoms with Crippen molar-refractivity contribution in [2.45, 2.75) is 19.0 Å². The molecular formula is C23H22NO4P. The topological polar surface area (TPSA) is 87.0 Å². The fraction of sp³-hybridized carbons (Fsp3) is 0.130. The van der Waals surface area contributed by atoms with Gasteiger partial charge in [0.05, 0.1) is 5.71 Å². The molecule has 3 aromatic rings. The second-order valence-electron chi connectivity index (χ2n) is 6.80. The number of rotatable bonds is 7. The van der Waals surface area contributed by atoms with Crippen LogP contribution in [0, 0.1) is 6.92 Å². The van der Waals surface area contributed by atoms with Crippen molar-refractivity contribution in [1.29, 1.82) is 0 Å². The quantitative estimate of drug-likeness (QED) is 0.268. The van der Waals surface area contributed by atoms with Crippen molar-refractivity contribution >= 4 is 29.4 Å². The van der Waals surface area contributed by atoms with E-state index in [1.807, 2.05) is 19.1 Å². The van der Waals surface area contributed by atoms with Crippen molar-refractivity contribution in [2.75, 3.05) is 0 Å². The van der Waals surface area contributed by atoms with Crippen molar-refractivity contribution in [3.63, 3.8) is 0 Å². The molecule has 6 heteroatoms. The first-order chi connectivity index (χ1) is 14.0. The SMILES string of the molecule is Cc1ccc(/C(C[C@@H](C(=O)O)P(=O)(c2ccccc2)c2ccccc2)=N/O)cc1. The van der Waals surface area contributed by atoms with Gasteiger partial charge in [0, 0.05) is 17.0 Å². The number of hydrogen-bond donors (Lipinski definition) is 2. The number of hydrogen-bond acceptors (Lipinski definition) is 4. The van der Waals surface area contributed by atoms with Crippen LogP contribution in [-0.2, 0) is 9.36 Å². The monoisotopic (exact) mass is 407 g/mol. The van der Waals surface area contributed by atoms with E-state index in [4.69, 9.17) is 0 Å². The van der Waals surface area contributed by atoms with Crippen molar-refractivity contribution < 1.29 is 19.7 Å². The fourth-order valence-corrected chi connectivity index (χ4v) is 6.31. The molecule has 3 rings (SSSR count). The summed E-state index contributed by atoms with van der Waals surface area (Å²) in [6.45, 7) is 1.93. The number of carbonyl (C=O) groups is 1. The molecule has 0 amide bonds. The molecule has 1 atom stereocenters. The van der Waals surface area contributed by atoms with Gasteiger partial charge in [-0.15, -0.1) is 0 Å². The van der Waals surface area contributed by atoms with E-state index < -0.39 is 18.8 Å². The number of carboxylic acids is 1. The van der Waals surface area contributed by atoms with Gasteiger partial charge in [-0.2, -0.15) is 0 Å². The number of oxime groups is 1. The summed E-state index contributed by atoms with van der Waals surface area (Å²) in [5, 5.41) is 23.9. The van der Waals surface area contributed by atoms with Gasteiger partial charge in [-0.05, 0) is 12.5 Å². The lowest BCUT2D eigenvalue weighted by Crippen LogP contribution is -2.33. The molecule has 0 aromatic heterocycles. The van der Waals surface area contributed by atoms with Crippen molar-refractivity contribution in [3.8, 4) is 0 Å². The number of benzene rings is 3. The Morgan fingerprint density at radius 3 is 1.79 bits per heavy atom. The highest BCUT2D eigenvalue weighted by Crippen LogP contribution is 2.50. The first-order valence-corrected chi connectivity index (χ1v) is 11.0. The van der Waals surface area contributed by atoms with Crippen LogP contribution in [0.4, 0.5) is 0 Å². The Morgan fingerprint density at radius 2 is 1.38 bits per heavy atom. The van der Waals surface area contributed by atoms with Crippen molar-refractivity contribution in [3.05, 3.63) is 96.1 Å². The third kappa shape index (κ3) is 4.30. The second-order valence-corrected chi connectivity index (χ2v) is 9.77. The Labute approximate surface area is 169 Å². The van der Waals surface area contributed by atoms with Gasteiger partial charge in [-0.1, -0.05) is 95.6 Å². The average molecular weight is 407 g/mol. The van der Waals surface area contributed by atoms with Gasteiger partial charge in [0.25, 0.3) is 0 Å². The van der Waals surface area contributed by atoms with E-state index in [9.17, 15) is 19.7 Å². The van der Waals surface area contributed by atoms with E-state index in [0.29, 0.717) is 16.2 Å². The molecule has 3 aromatic carbocycles. The number of aliphatic carboxylic acids is 1. The Morgan fingerprint density at radius 1 is 0.897 bits per heavy atom. The summed E-state index contributed by atoms with van der Waals surface area (Å²) in [4.78, 5) is 12.3. The predicted molar refractivity (Wildman–Crippen MR) is 115 cm³/mol. The Balaban J connectivity index is 2.12. The average Bonchev–Trinajstić information content (AvgIpc) is 2.76. The van der Waals surface area contributed by atoms with E-state index in [0.717, 1.165) is 5.56 Å². The van der Waals surface area contributed by atoms with Gasteiger partial charge < -0.3 is 14.9 Å². The molecular weight excluding hydrogens is 385 g/mol. The van der Waals surface area contributed by atoms with E-state index in [1.165, 1.54) is 0 Å². The van der Waals surface area contributed by atoms with Gasteiger partial charge in [0.1, 0.15) is 5.66 Å². The molecule has 0 saturated heterocycles. The standard InChI is InChI=1S/C23H22NO4P/c1-17-12-14-18(15-13-17)21(24-27)16-22(23(25)26)29(28,19-8-4-2-5-9-19)20-10-6-3-7-11-20/h2-15,22,27H,16H2,1H3,(H,25,26)/b24-21+/t22-/m0/s1. The summed E-state index contributed by atoms with van der Waals surface area (Å²) in [6.07, 6.45) is -0.171. The largest absolute Gasteiger partial charge is 0.481 e. The number of aryl methyl sites for hydroxylation is 1. The molecule has 0 aliphatic carbocycles. The maximum Gasteiger partial charge on any atom is 0.315 e. The Bertz CT molecular complexity index is 1000. The number of carboxylic acid groups (broad SMARTS) is 1. The molecule has 0 unspecified atom stereocenters. The zero-order valence-corrected chi connectivity index (χ0v) is 16.9. The molecule has 0 saturated carbocycles. The Hall–Kier alpha value is -3.17. The lowest BCUT2D eigenvalue weighted by atomic mass is 10.0. The van der Waals surface area contributed by atoms with Crippen LogP contribution < -0.4 is 10.6 Å². The minimum Gasteiger partial charge on any atom is -0.481 e. The minimum atomic E-state index is -3.58. The molecule has 0 aliphatic rings. The summed E-state index contributed by atoms with van der Waals surface area (Å²) in [5.74, 6) is -1.20. The normalized spacial score (nSPS) is 13.1. The molecule has 29 heavy (non-hydrogen) atoms. The molecule has 148 valence electrons. The second kappa shape index (κ2) is 8.89. The maximum absolute atomic E-state index is 14.4. The van der Waals surface area contributed by atoms with Crippen LogP contribution in [0.1, 0.15) is 17.5 Å². The summed E-state index contributed by atoms with van der Waals surface area (Å²) < 4.78 is 14.4. The summed E-state index contributed by atoms with van der Waals surface area (Å²) in [6, 6.07) is 24.5. The first-order valence-electron chi connectivity index (χ1n) is 9.18. The van der Waals surface area contributed by atoms with Crippen LogP contribution in [-0.4, -0.2) is 27.7 Å². The van der Waals surface area contributed by atoms with Crippen LogP contribution in [0.25, 0.3) is 0 Å². The summed E-state index contributed by atoms with van der Waals surface area (Å²) in [7, 11) is -3.58. The fourth-order valence-electron chi connectivity index (χ4n) is 3.32. The maximum atomic E-state index is 14.4. The van der Waals surface area contributed by atoms with Gasteiger partial charge >= 0.3 is 5.97 Å². The molecule has 0 radical (unpaired) electrons. The van der Waals surface area contributed by atoms with E-state index in [2.05, 4.69) is 5.16 Å². The van der Waals surface area contributed by atoms with E-state index in [-0.39, 0.29) is 12.1 Å². The molecule has 0 spiro atoms. The highest BCUT2D eigenvalue weighted by atomic mass is 31.2. The lowest BCUT2D eigenvalue weighted by molar-refractivity contribution is -0.136. The highest BCUT2D eigenvalue weighted by Gasteiger charge is 2.42. The van der Waals surface area contributed by atoms with Gasteiger partial charge in [0.2, 0.25) is 0 Å². The number of nitrogens with zero attached hydrogens (tertiary/aromatic N) is 1. The third-order valence-corrected chi connectivity index (χ3v) is 8.31. The first kappa shape index (κ1) is 20.6. The zero-order valence-electron chi connectivity index (χ0n) is 16.0. The van der Waals surface area contributed by atoms with E-state index in [1.54, 1.807) is 72.8 Å². The van der Waals surface area contributed by atoms with Gasteiger partial charge in [0.15, 0.2) is 7.14 Å². The van der Waals surface area contributed by atoms with Gasteiger partial charge in [-0.3, -0.25) is 4.79 Å². The van der Waals surface area contributed by atoms with Crippen LogP contribution in [0.15, 0.2) is 90.1 Å².